The van der Waals surface area contributed by atoms with E-state index >= 15 is 0 Å². The van der Waals surface area contributed by atoms with Gasteiger partial charge in [-0.2, -0.15) is 0 Å². The minimum Gasteiger partial charge on any atom is -0.325 e. The minimum atomic E-state index is -0.186. The van der Waals surface area contributed by atoms with Crippen LogP contribution >= 0.6 is 0 Å². The molecule has 3 heteroatoms. The molecule has 1 aromatic rings. The second kappa shape index (κ2) is 5.82. The number of para-hydroxylation sites is 1. The SMILES string of the molecule is CC(NCC(C)(C)C)C(=O)Nc1ccccc1. The molecule has 0 saturated heterocycles. The number of benzene rings is 1. The zero-order valence-electron chi connectivity index (χ0n) is 11.1. The van der Waals surface area contributed by atoms with E-state index in [0.717, 1.165) is 12.2 Å². The Balaban J connectivity index is 2.43. The van der Waals surface area contributed by atoms with Crippen LogP contribution in [-0.4, -0.2) is 18.5 Å². The molecule has 1 atom stereocenters. The molecule has 0 aliphatic heterocycles. The van der Waals surface area contributed by atoms with Crippen molar-refractivity contribution < 1.29 is 4.79 Å². The summed E-state index contributed by atoms with van der Waals surface area (Å²) in [6.45, 7) is 9.12. The Morgan fingerprint density at radius 2 is 1.82 bits per heavy atom. The lowest BCUT2D eigenvalue weighted by molar-refractivity contribution is -0.117. The molecular formula is C14H22N2O. The molecule has 1 unspecified atom stereocenters. The second-order valence-electron chi connectivity index (χ2n) is 5.52. The molecule has 94 valence electrons. The van der Waals surface area contributed by atoms with E-state index < -0.39 is 0 Å². The number of rotatable bonds is 4. The molecule has 0 aromatic heterocycles. The van der Waals surface area contributed by atoms with Gasteiger partial charge < -0.3 is 10.6 Å². The van der Waals surface area contributed by atoms with Gasteiger partial charge in [-0.3, -0.25) is 4.79 Å². The fourth-order valence-corrected chi connectivity index (χ4v) is 1.32. The molecule has 17 heavy (non-hydrogen) atoms. The molecule has 1 amide bonds. The minimum absolute atomic E-state index is 0.000417. The molecule has 3 nitrogen and oxygen atoms in total. The van der Waals surface area contributed by atoms with Crippen molar-refractivity contribution in [1.82, 2.24) is 5.32 Å². The van der Waals surface area contributed by atoms with E-state index in [0.29, 0.717) is 0 Å². The van der Waals surface area contributed by atoms with E-state index in [2.05, 4.69) is 31.4 Å². The average molecular weight is 234 g/mol. The predicted octanol–water partition coefficient (Wildman–Crippen LogP) is 2.65. The first-order valence-electron chi connectivity index (χ1n) is 5.98. The Hall–Kier alpha value is -1.35. The van der Waals surface area contributed by atoms with Gasteiger partial charge in [-0.15, -0.1) is 0 Å². The summed E-state index contributed by atoms with van der Waals surface area (Å²) in [5.41, 5.74) is 1.02. The highest BCUT2D eigenvalue weighted by molar-refractivity contribution is 5.94. The Morgan fingerprint density at radius 3 is 2.35 bits per heavy atom. The van der Waals surface area contributed by atoms with Crippen LogP contribution in [0.5, 0.6) is 0 Å². The molecule has 0 fully saturated rings. The summed E-state index contributed by atoms with van der Waals surface area (Å²) in [5, 5.41) is 6.11. The molecule has 0 heterocycles. The first kappa shape index (κ1) is 13.7. The molecule has 1 aromatic carbocycles. The summed E-state index contributed by atoms with van der Waals surface area (Å²) in [6, 6.07) is 9.32. The Kier molecular flexibility index (Phi) is 4.70. The standard InChI is InChI=1S/C14H22N2O/c1-11(15-10-14(2,3)4)13(17)16-12-8-6-5-7-9-12/h5-9,11,15H,10H2,1-4H3,(H,16,17). The maximum Gasteiger partial charge on any atom is 0.241 e. The summed E-state index contributed by atoms with van der Waals surface area (Å²) in [7, 11) is 0. The third-order valence-electron chi connectivity index (χ3n) is 2.37. The number of nitrogens with one attached hydrogen (secondary N) is 2. The molecule has 2 N–H and O–H groups in total. The first-order chi connectivity index (χ1) is 7.88. The Bertz CT molecular complexity index is 354. The van der Waals surface area contributed by atoms with Crippen LogP contribution in [0.3, 0.4) is 0 Å². The zero-order chi connectivity index (χ0) is 12.9. The van der Waals surface area contributed by atoms with Crippen molar-refractivity contribution in [2.24, 2.45) is 5.41 Å². The highest BCUT2D eigenvalue weighted by Gasteiger charge is 2.16. The van der Waals surface area contributed by atoms with E-state index in [1.54, 1.807) is 0 Å². The van der Waals surface area contributed by atoms with Gasteiger partial charge in [0.15, 0.2) is 0 Å². The fraction of sp³-hybridized carbons (Fsp3) is 0.500. The van der Waals surface area contributed by atoms with Gasteiger partial charge in [0, 0.05) is 12.2 Å². The number of carbonyl (C=O) groups excluding carboxylic acids is 1. The maximum absolute atomic E-state index is 11.9. The van der Waals surface area contributed by atoms with Gasteiger partial charge in [-0.05, 0) is 24.5 Å². The lowest BCUT2D eigenvalue weighted by Crippen LogP contribution is -2.41. The fourth-order valence-electron chi connectivity index (χ4n) is 1.32. The van der Waals surface area contributed by atoms with Crippen molar-refractivity contribution >= 4 is 11.6 Å². The molecule has 0 spiro atoms. The van der Waals surface area contributed by atoms with Gasteiger partial charge in [-0.1, -0.05) is 39.0 Å². The first-order valence-corrected chi connectivity index (χ1v) is 5.98. The molecule has 0 radical (unpaired) electrons. The molecule has 0 saturated carbocycles. The van der Waals surface area contributed by atoms with Gasteiger partial charge in [0.05, 0.1) is 6.04 Å². The van der Waals surface area contributed by atoms with Gasteiger partial charge in [0.25, 0.3) is 0 Å². The summed E-state index contributed by atoms with van der Waals surface area (Å²) in [5.74, 6) is 0.000417. The van der Waals surface area contributed by atoms with Crippen molar-refractivity contribution in [2.75, 3.05) is 11.9 Å². The second-order valence-corrected chi connectivity index (χ2v) is 5.52. The molecular weight excluding hydrogens is 212 g/mol. The van der Waals surface area contributed by atoms with Crippen molar-refractivity contribution in [3.63, 3.8) is 0 Å². The number of amides is 1. The van der Waals surface area contributed by atoms with E-state index in [1.165, 1.54) is 0 Å². The van der Waals surface area contributed by atoms with Crippen molar-refractivity contribution in [3.8, 4) is 0 Å². The zero-order valence-corrected chi connectivity index (χ0v) is 11.1. The smallest absolute Gasteiger partial charge is 0.241 e. The van der Waals surface area contributed by atoms with E-state index in [-0.39, 0.29) is 17.4 Å². The maximum atomic E-state index is 11.9. The van der Waals surface area contributed by atoms with Crippen LogP contribution in [0, 0.1) is 5.41 Å². The van der Waals surface area contributed by atoms with Gasteiger partial charge in [0.2, 0.25) is 5.91 Å². The van der Waals surface area contributed by atoms with Crippen LogP contribution in [0.15, 0.2) is 30.3 Å². The summed E-state index contributed by atoms with van der Waals surface area (Å²) in [4.78, 5) is 11.9. The summed E-state index contributed by atoms with van der Waals surface area (Å²) >= 11 is 0. The molecule has 0 bridgehead atoms. The van der Waals surface area contributed by atoms with Crippen molar-refractivity contribution in [2.45, 2.75) is 33.7 Å². The molecule has 0 aliphatic rings. The third-order valence-corrected chi connectivity index (χ3v) is 2.37. The average Bonchev–Trinajstić information content (AvgIpc) is 2.26. The van der Waals surface area contributed by atoms with Crippen molar-refractivity contribution in [1.29, 1.82) is 0 Å². The van der Waals surface area contributed by atoms with E-state index in [4.69, 9.17) is 0 Å². The quantitative estimate of drug-likeness (QED) is 0.841. The van der Waals surface area contributed by atoms with Gasteiger partial charge >= 0.3 is 0 Å². The topological polar surface area (TPSA) is 41.1 Å². The predicted molar refractivity (Wildman–Crippen MR) is 72.0 cm³/mol. The van der Waals surface area contributed by atoms with E-state index in [9.17, 15) is 4.79 Å². The van der Waals surface area contributed by atoms with Gasteiger partial charge in [0.1, 0.15) is 0 Å². The van der Waals surface area contributed by atoms with Crippen molar-refractivity contribution in [3.05, 3.63) is 30.3 Å². The van der Waals surface area contributed by atoms with Crippen LogP contribution in [0.25, 0.3) is 0 Å². The van der Waals surface area contributed by atoms with E-state index in [1.807, 2.05) is 37.3 Å². The number of carbonyl (C=O) groups is 1. The van der Waals surface area contributed by atoms with Gasteiger partial charge in [-0.25, -0.2) is 0 Å². The van der Waals surface area contributed by atoms with Crippen LogP contribution < -0.4 is 10.6 Å². The number of hydrogen-bond acceptors (Lipinski definition) is 2. The Morgan fingerprint density at radius 1 is 1.24 bits per heavy atom. The normalized spacial score (nSPS) is 13.2. The van der Waals surface area contributed by atoms with Crippen LogP contribution in [0.2, 0.25) is 0 Å². The molecule has 1 rings (SSSR count). The lowest BCUT2D eigenvalue weighted by Gasteiger charge is -2.22. The highest BCUT2D eigenvalue weighted by atomic mass is 16.2. The third kappa shape index (κ3) is 5.50. The Labute approximate surface area is 104 Å². The summed E-state index contributed by atoms with van der Waals surface area (Å²) in [6.07, 6.45) is 0. The number of hydrogen-bond donors (Lipinski definition) is 2. The monoisotopic (exact) mass is 234 g/mol. The number of anilines is 1. The largest absolute Gasteiger partial charge is 0.325 e. The molecule has 0 aliphatic carbocycles. The lowest BCUT2D eigenvalue weighted by atomic mass is 9.96. The van der Waals surface area contributed by atoms with Crippen LogP contribution in [-0.2, 0) is 4.79 Å². The van der Waals surface area contributed by atoms with Crippen LogP contribution in [0.1, 0.15) is 27.7 Å². The highest BCUT2D eigenvalue weighted by Crippen LogP contribution is 2.11. The van der Waals surface area contributed by atoms with Crippen LogP contribution in [0.4, 0.5) is 5.69 Å². The summed E-state index contributed by atoms with van der Waals surface area (Å²) < 4.78 is 0.